The summed E-state index contributed by atoms with van der Waals surface area (Å²) in [4.78, 5) is 24.2. The average molecular weight is 364 g/mol. The fraction of sp³-hybridized carbons (Fsp3) is 0.273. The quantitative estimate of drug-likeness (QED) is 0.676. The molecule has 0 radical (unpaired) electrons. The topological polar surface area (TPSA) is 71.3 Å². The highest BCUT2D eigenvalue weighted by Gasteiger charge is 2.35. The van der Waals surface area contributed by atoms with Crippen molar-refractivity contribution < 1.29 is 14.7 Å². The molecule has 3 aromatic rings. The number of carboxylic acid groups (broad SMARTS) is 1. The maximum absolute atomic E-state index is 12.3. The van der Waals surface area contributed by atoms with E-state index in [0.717, 1.165) is 16.5 Å². The van der Waals surface area contributed by atoms with Gasteiger partial charge >= 0.3 is 5.97 Å². The number of amides is 1. The fourth-order valence-corrected chi connectivity index (χ4v) is 3.34. The van der Waals surface area contributed by atoms with Crippen LogP contribution in [-0.4, -0.2) is 28.1 Å². The van der Waals surface area contributed by atoms with Gasteiger partial charge in [0.2, 0.25) is 5.91 Å². The molecule has 5 heteroatoms. The molecule has 1 atom stereocenters. The van der Waals surface area contributed by atoms with E-state index in [9.17, 15) is 14.7 Å². The van der Waals surface area contributed by atoms with Crippen molar-refractivity contribution in [3.8, 4) is 0 Å². The highest BCUT2D eigenvalue weighted by molar-refractivity contribution is 5.85. The Morgan fingerprint density at radius 2 is 1.74 bits per heavy atom. The van der Waals surface area contributed by atoms with Crippen LogP contribution in [-0.2, 0) is 28.5 Å². The summed E-state index contributed by atoms with van der Waals surface area (Å²) in [6.07, 6.45) is 2.98. The van der Waals surface area contributed by atoms with Crippen molar-refractivity contribution in [1.82, 2.24) is 9.88 Å². The Labute approximate surface area is 158 Å². The number of aliphatic carboxylic acids is 1. The summed E-state index contributed by atoms with van der Waals surface area (Å²) in [7, 11) is 1.99. The zero-order valence-electron chi connectivity index (χ0n) is 15.6. The summed E-state index contributed by atoms with van der Waals surface area (Å²) in [6, 6.07) is 17.1. The lowest BCUT2D eigenvalue weighted by atomic mass is 9.82. The second-order valence-electron chi connectivity index (χ2n) is 7.06. The first-order valence-corrected chi connectivity index (χ1v) is 9.00. The first kappa shape index (κ1) is 18.7. The molecule has 0 spiro atoms. The van der Waals surface area contributed by atoms with Crippen molar-refractivity contribution >= 4 is 22.8 Å². The lowest BCUT2D eigenvalue weighted by Crippen LogP contribution is -2.44. The maximum Gasteiger partial charge on any atom is 0.315 e. The highest BCUT2D eigenvalue weighted by atomic mass is 16.4. The van der Waals surface area contributed by atoms with E-state index in [1.807, 2.05) is 31.4 Å². The molecule has 0 bridgehead atoms. The molecule has 1 unspecified atom stereocenters. The minimum absolute atomic E-state index is 0.0563. The van der Waals surface area contributed by atoms with Gasteiger partial charge in [0.05, 0.1) is 0 Å². The van der Waals surface area contributed by atoms with Gasteiger partial charge in [0.1, 0.15) is 5.41 Å². The number of benzene rings is 2. The van der Waals surface area contributed by atoms with E-state index in [0.29, 0.717) is 18.4 Å². The van der Waals surface area contributed by atoms with Crippen LogP contribution < -0.4 is 5.32 Å². The maximum atomic E-state index is 12.3. The standard InChI is InChI=1S/C22H24N2O3/c1-22(21(26)27,17-8-4-3-5-9-17)15-23-20(25)13-12-16-14-24(2)19-11-7-6-10-18(16)19/h3-11,14H,12-13,15H2,1-2H3,(H,23,25)(H,26,27). The van der Waals surface area contributed by atoms with Gasteiger partial charge in [0.15, 0.2) is 0 Å². The Kier molecular flexibility index (Phi) is 5.31. The second kappa shape index (κ2) is 7.66. The van der Waals surface area contributed by atoms with Gasteiger partial charge in [-0.3, -0.25) is 9.59 Å². The number of aryl methyl sites for hydroxylation is 2. The minimum Gasteiger partial charge on any atom is -0.481 e. The van der Waals surface area contributed by atoms with E-state index in [2.05, 4.69) is 22.0 Å². The van der Waals surface area contributed by atoms with E-state index < -0.39 is 11.4 Å². The van der Waals surface area contributed by atoms with Crippen LogP contribution in [0.25, 0.3) is 10.9 Å². The first-order chi connectivity index (χ1) is 12.9. The SMILES string of the molecule is Cn1cc(CCC(=O)NCC(C)(C(=O)O)c2ccccc2)c2ccccc21. The molecule has 5 nitrogen and oxygen atoms in total. The van der Waals surface area contributed by atoms with Crippen molar-refractivity contribution in [1.29, 1.82) is 0 Å². The molecule has 27 heavy (non-hydrogen) atoms. The normalized spacial score (nSPS) is 13.3. The molecule has 1 amide bonds. The van der Waals surface area contributed by atoms with E-state index in [1.165, 1.54) is 0 Å². The molecule has 1 heterocycles. The van der Waals surface area contributed by atoms with Gasteiger partial charge < -0.3 is 15.0 Å². The molecule has 1 aromatic heterocycles. The molecule has 140 valence electrons. The third-order valence-corrected chi connectivity index (χ3v) is 5.12. The minimum atomic E-state index is -1.16. The largest absolute Gasteiger partial charge is 0.481 e. The van der Waals surface area contributed by atoms with E-state index in [4.69, 9.17) is 0 Å². The number of para-hydroxylation sites is 1. The molecule has 3 rings (SSSR count). The highest BCUT2D eigenvalue weighted by Crippen LogP contribution is 2.24. The van der Waals surface area contributed by atoms with Crippen LogP contribution in [0.4, 0.5) is 0 Å². The van der Waals surface area contributed by atoms with Gasteiger partial charge in [-0.05, 0) is 30.5 Å². The number of fused-ring (bicyclic) bond motifs is 1. The molecule has 0 aliphatic heterocycles. The fourth-order valence-electron chi connectivity index (χ4n) is 3.34. The lowest BCUT2D eigenvalue weighted by Gasteiger charge is -2.25. The second-order valence-corrected chi connectivity index (χ2v) is 7.06. The third-order valence-electron chi connectivity index (χ3n) is 5.12. The van der Waals surface area contributed by atoms with Gasteiger partial charge in [-0.2, -0.15) is 0 Å². The number of carbonyl (C=O) groups is 2. The predicted molar refractivity (Wildman–Crippen MR) is 106 cm³/mol. The Hall–Kier alpha value is -3.08. The zero-order valence-corrected chi connectivity index (χ0v) is 15.6. The number of aromatic nitrogens is 1. The lowest BCUT2D eigenvalue weighted by molar-refractivity contribution is -0.143. The first-order valence-electron chi connectivity index (χ1n) is 9.00. The van der Waals surface area contributed by atoms with Crippen LogP contribution in [0.3, 0.4) is 0 Å². The molecule has 0 fully saturated rings. The molecule has 0 saturated heterocycles. The number of rotatable bonds is 7. The monoisotopic (exact) mass is 364 g/mol. The summed E-state index contributed by atoms with van der Waals surface area (Å²) in [5, 5.41) is 13.6. The average Bonchev–Trinajstić information content (AvgIpc) is 3.01. The van der Waals surface area contributed by atoms with Crippen LogP contribution in [0.5, 0.6) is 0 Å². The molecule has 2 aromatic carbocycles. The summed E-state index contributed by atoms with van der Waals surface area (Å²) >= 11 is 0. The number of nitrogens with one attached hydrogen (secondary N) is 1. The van der Waals surface area contributed by atoms with Crippen LogP contribution in [0.1, 0.15) is 24.5 Å². The van der Waals surface area contributed by atoms with Crippen molar-refractivity contribution in [2.45, 2.75) is 25.2 Å². The van der Waals surface area contributed by atoms with Gasteiger partial charge in [-0.1, -0.05) is 48.5 Å². The van der Waals surface area contributed by atoms with Crippen LogP contribution in [0.15, 0.2) is 60.8 Å². The third kappa shape index (κ3) is 3.87. The van der Waals surface area contributed by atoms with Crippen molar-refractivity contribution in [3.05, 3.63) is 71.9 Å². The number of hydrogen-bond acceptors (Lipinski definition) is 2. The van der Waals surface area contributed by atoms with Gasteiger partial charge in [0, 0.05) is 37.1 Å². The van der Waals surface area contributed by atoms with Crippen molar-refractivity contribution in [2.24, 2.45) is 7.05 Å². The molecule has 0 saturated carbocycles. The van der Waals surface area contributed by atoms with Crippen LogP contribution in [0, 0.1) is 0 Å². The Bertz CT molecular complexity index is 962. The van der Waals surface area contributed by atoms with Crippen LogP contribution in [0.2, 0.25) is 0 Å². The molecule has 2 N–H and O–H groups in total. The van der Waals surface area contributed by atoms with Gasteiger partial charge in [0.25, 0.3) is 0 Å². The van der Waals surface area contributed by atoms with Crippen LogP contribution >= 0.6 is 0 Å². The summed E-state index contributed by atoms with van der Waals surface area (Å²) in [5.74, 6) is -1.10. The number of hydrogen-bond donors (Lipinski definition) is 2. The summed E-state index contributed by atoms with van der Waals surface area (Å²) in [5.41, 5.74) is 1.77. The van der Waals surface area contributed by atoms with Gasteiger partial charge in [-0.15, -0.1) is 0 Å². The van der Waals surface area contributed by atoms with Crippen molar-refractivity contribution in [3.63, 3.8) is 0 Å². The molecule has 0 aliphatic rings. The Morgan fingerprint density at radius 1 is 1.07 bits per heavy atom. The number of nitrogens with zero attached hydrogens (tertiary/aromatic N) is 1. The van der Waals surface area contributed by atoms with E-state index in [1.54, 1.807) is 31.2 Å². The molecule has 0 aliphatic carbocycles. The molecular formula is C22H24N2O3. The number of carbonyl (C=O) groups excluding carboxylic acids is 1. The number of carboxylic acids is 1. The van der Waals surface area contributed by atoms with E-state index in [-0.39, 0.29) is 12.5 Å². The van der Waals surface area contributed by atoms with E-state index >= 15 is 0 Å². The summed E-state index contributed by atoms with van der Waals surface area (Å²) < 4.78 is 2.06. The predicted octanol–water partition coefficient (Wildman–Crippen LogP) is 3.27. The Balaban J connectivity index is 1.64. The zero-order chi connectivity index (χ0) is 19.4. The Morgan fingerprint density at radius 3 is 2.44 bits per heavy atom. The van der Waals surface area contributed by atoms with Crippen molar-refractivity contribution in [2.75, 3.05) is 6.54 Å². The smallest absolute Gasteiger partial charge is 0.315 e. The molecular weight excluding hydrogens is 340 g/mol. The van der Waals surface area contributed by atoms with Gasteiger partial charge in [-0.25, -0.2) is 0 Å². The summed E-state index contributed by atoms with van der Waals surface area (Å²) in [6.45, 7) is 1.69.